The average Bonchev–Trinajstić information content (AvgIpc) is 2.99. The fraction of sp³-hybridized carbons (Fsp3) is 0.474. The molecule has 0 aliphatic carbocycles. The summed E-state index contributed by atoms with van der Waals surface area (Å²) >= 11 is 0. The number of aromatic nitrogens is 2. The van der Waals surface area contributed by atoms with Crippen molar-refractivity contribution in [2.75, 3.05) is 20.3 Å². The lowest BCUT2D eigenvalue weighted by Gasteiger charge is -2.19. The van der Waals surface area contributed by atoms with E-state index in [0.29, 0.717) is 19.6 Å². The maximum atomic E-state index is 11.6. The molecule has 0 unspecified atom stereocenters. The first-order valence-electron chi connectivity index (χ1n) is 8.71. The van der Waals surface area contributed by atoms with Gasteiger partial charge in [-0.25, -0.2) is 15.2 Å². The minimum atomic E-state index is -0.521. The number of amides is 1. The van der Waals surface area contributed by atoms with Crippen LogP contribution in [0.15, 0.2) is 36.5 Å². The molecular formula is C19H28N4O3. The van der Waals surface area contributed by atoms with Gasteiger partial charge in [-0.05, 0) is 20.8 Å². The van der Waals surface area contributed by atoms with E-state index in [2.05, 4.69) is 15.4 Å². The molecular weight excluding hydrogens is 332 g/mol. The monoisotopic (exact) mass is 360 g/mol. The maximum absolute atomic E-state index is 11.6. The van der Waals surface area contributed by atoms with Crippen LogP contribution in [0.1, 0.15) is 26.6 Å². The Morgan fingerprint density at radius 1 is 1.23 bits per heavy atom. The standard InChI is InChI=1S/C19H28N4O3/c1-19(2,3)26-18(24)22-20-11-10-17-21-16(14-23(17)12-13-25-4)15-8-6-5-7-9-15/h5-9,14,20H,10-13H2,1-4H3,(H,22,24). The summed E-state index contributed by atoms with van der Waals surface area (Å²) in [6.07, 6.45) is 2.20. The Morgan fingerprint density at radius 3 is 2.62 bits per heavy atom. The SMILES string of the molecule is COCCn1cc(-c2ccccc2)nc1CCNNC(=O)OC(C)(C)C. The number of hydrogen-bond acceptors (Lipinski definition) is 5. The zero-order chi connectivity index (χ0) is 19.0. The summed E-state index contributed by atoms with van der Waals surface area (Å²) in [5.41, 5.74) is 6.90. The predicted octanol–water partition coefficient (Wildman–Crippen LogP) is 2.77. The third-order valence-corrected chi connectivity index (χ3v) is 3.53. The summed E-state index contributed by atoms with van der Waals surface area (Å²) in [6, 6.07) is 10.0. The van der Waals surface area contributed by atoms with Gasteiger partial charge in [0.1, 0.15) is 11.4 Å². The highest BCUT2D eigenvalue weighted by molar-refractivity contribution is 5.67. The second kappa shape index (κ2) is 9.35. The van der Waals surface area contributed by atoms with Crippen LogP contribution in [-0.4, -0.2) is 41.5 Å². The van der Waals surface area contributed by atoms with E-state index in [1.807, 2.05) is 57.3 Å². The molecule has 2 N–H and O–H groups in total. The first kappa shape index (κ1) is 19.9. The van der Waals surface area contributed by atoms with Gasteiger partial charge in [0.25, 0.3) is 0 Å². The number of methoxy groups -OCH3 is 1. The van der Waals surface area contributed by atoms with Crippen molar-refractivity contribution in [3.05, 3.63) is 42.4 Å². The molecule has 0 fully saturated rings. The van der Waals surface area contributed by atoms with Crippen LogP contribution in [-0.2, 0) is 22.4 Å². The molecule has 2 aromatic rings. The zero-order valence-electron chi connectivity index (χ0n) is 15.9. The quantitative estimate of drug-likeness (QED) is 0.559. The van der Waals surface area contributed by atoms with Gasteiger partial charge in [0.15, 0.2) is 0 Å². The normalized spacial score (nSPS) is 11.4. The Hall–Kier alpha value is -2.38. The van der Waals surface area contributed by atoms with Crippen LogP contribution in [0.5, 0.6) is 0 Å². The molecule has 1 aromatic carbocycles. The molecule has 7 nitrogen and oxygen atoms in total. The fourth-order valence-corrected chi connectivity index (χ4v) is 2.40. The van der Waals surface area contributed by atoms with Gasteiger partial charge in [0, 0.05) is 38.4 Å². The van der Waals surface area contributed by atoms with E-state index in [0.717, 1.165) is 23.6 Å². The number of carbonyl (C=O) groups is 1. The number of benzene rings is 1. The predicted molar refractivity (Wildman–Crippen MR) is 101 cm³/mol. The number of carbonyl (C=O) groups excluding carboxylic acids is 1. The Balaban J connectivity index is 1.94. The van der Waals surface area contributed by atoms with Crippen LogP contribution in [0, 0.1) is 0 Å². The molecule has 0 saturated carbocycles. The average molecular weight is 360 g/mol. The lowest BCUT2D eigenvalue weighted by atomic mass is 10.2. The Labute approximate surface area is 154 Å². The number of nitrogens with one attached hydrogen (secondary N) is 2. The molecule has 0 radical (unpaired) electrons. The van der Waals surface area contributed by atoms with Crippen molar-refractivity contribution in [1.82, 2.24) is 20.4 Å². The van der Waals surface area contributed by atoms with Gasteiger partial charge < -0.3 is 14.0 Å². The summed E-state index contributed by atoms with van der Waals surface area (Å²) in [6.45, 7) is 7.35. The second-order valence-corrected chi connectivity index (χ2v) is 6.90. The van der Waals surface area contributed by atoms with E-state index in [4.69, 9.17) is 14.5 Å². The maximum Gasteiger partial charge on any atom is 0.422 e. The summed E-state index contributed by atoms with van der Waals surface area (Å²) in [5.74, 6) is 0.930. The molecule has 2 rings (SSSR count). The highest BCUT2D eigenvalue weighted by Crippen LogP contribution is 2.18. The highest BCUT2D eigenvalue weighted by Gasteiger charge is 2.15. The van der Waals surface area contributed by atoms with Crippen LogP contribution in [0.3, 0.4) is 0 Å². The van der Waals surface area contributed by atoms with Crippen molar-refractivity contribution in [1.29, 1.82) is 0 Å². The van der Waals surface area contributed by atoms with E-state index in [9.17, 15) is 4.79 Å². The van der Waals surface area contributed by atoms with Crippen molar-refractivity contribution >= 4 is 6.09 Å². The van der Waals surface area contributed by atoms with Crippen LogP contribution < -0.4 is 10.9 Å². The van der Waals surface area contributed by atoms with E-state index in [1.54, 1.807) is 7.11 Å². The van der Waals surface area contributed by atoms with Gasteiger partial charge in [0.2, 0.25) is 0 Å². The number of hydrogen-bond donors (Lipinski definition) is 2. The highest BCUT2D eigenvalue weighted by atomic mass is 16.6. The lowest BCUT2D eigenvalue weighted by Crippen LogP contribution is -2.42. The third kappa shape index (κ3) is 6.50. The van der Waals surface area contributed by atoms with Crippen molar-refractivity contribution in [3.63, 3.8) is 0 Å². The fourth-order valence-electron chi connectivity index (χ4n) is 2.40. The third-order valence-electron chi connectivity index (χ3n) is 3.53. The van der Waals surface area contributed by atoms with Gasteiger partial charge in [-0.2, -0.15) is 0 Å². The number of hydrazine groups is 1. The Morgan fingerprint density at radius 2 is 1.96 bits per heavy atom. The summed E-state index contributed by atoms with van der Waals surface area (Å²) < 4.78 is 12.4. The minimum Gasteiger partial charge on any atom is -0.443 e. The molecule has 7 heteroatoms. The first-order chi connectivity index (χ1) is 12.4. The Kier molecular flexibility index (Phi) is 7.17. The van der Waals surface area contributed by atoms with Crippen LogP contribution in [0.2, 0.25) is 0 Å². The summed E-state index contributed by atoms with van der Waals surface area (Å²) in [5, 5.41) is 0. The van der Waals surface area contributed by atoms with Gasteiger partial charge in [-0.15, -0.1) is 0 Å². The Bertz CT molecular complexity index is 693. The summed E-state index contributed by atoms with van der Waals surface area (Å²) in [7, 11) is 1.68. The molecule has 0 atom stereocenters. The van der Waals surface area contributed by atoms with E-state index in [1.165, 1.54) is 0 Å². The number of nitrogens with zero attached hydrogens (tertiary/aromatic N) is 2. The van der Waals surface area contributed by atoms with Gasteiger partial charge in [0.05, 0.1) is 12.3 Å². The van der Waals surface area contributed by atoms with E-state index >= 15 is 0 Å². The van der Waals surface area contributed by atoms with Crippen molar-refractivity contribution in [2.24, 2.45) is 0 Å². The molecule has 1 aromatic heterocycles. The smallest absolute Gasteiger partial charge is 0.422 e. The number of ether oxygens (including phenoxy) is 2. The van der Waals surface area contributed by atoms with Crippen molar-refractivity contribution in [3.8, 4) is 11.3 Å². The minimum absolute atomic E-state index is 0.495. The summed E-state index contributed by atoms with van der Waals surface area (Å²) in [4.78, 5) is 16.4. The largest absolute Gasteiger partial charge is 0.443 e. The van der Waals surface area contributed by atoms with Crippen molar-refractivity contribution in [2.45, 2.75) is 39.3 Å². The van der Waals surface area contributed by atoms with Gasteiger partial charge in [-0.1, -0.05) is 30.3 Å². The molecule has 0 saturated heterocycles. The number of rotatable bonds is 8. The molecule has 0 aliphatic rings. The molecule has 1 heterocycles. The molecule has 0 bridgehead atoms. The van der Waals surface area contributed by atoms with Gasteiger partial charge >= 0.3 is 6.09 Å². The number of imidazole rings is 1. The molecule has 26 heavy (non-hydrogen) atoms. The molecule has 1 amide bonds. The zero-order valence-corrected chi connectivity index (χ0v) is 15.9. The van der Waals surface area contributed by atoms with Crippen LogP contribution in [0.4, 0.5) is 4.79 Å². The van der Waals surface area contributed by atoms with E-state index < -0.39 is 11.7 Å². The topological polar surface area (TPSA) is 77.4 Å². The molecule has 0 spiro atoms. The van der Waals surface area contributed by atoms with E-state index in [-0.39, 0.29) is 0 Å². The van der Waals surface area contributed by atoms with Crippen molar-refractivity contribution < 1.29 is 14.3 Å². The van der Waals surface area contributed by atoms with Gasteiger partial charge in [-0.3, -0.25) is 5.43 Å². The second-order valence-electron chi connectivity index (χ2n) is 6.90. The first-order valence-corrected chi connectivity index (χ1v) is 8.71. The van der Waals surface area contributed by atoms with Crippen LogP contribution >= 0.6 is 0 Å². The molecule has 0 aliphatic heterocycles. The van der Waals surface area contributed by atoms with Crippen LogP contribution in [0.25, 0.3) is 11.3 Å². The lowest BCUT2D eigenvalue weighted by molar-refractivity contribution is 0.0498. The molecule has 142 valence electrons.